The molecule has 0 amide bonds. The largest absolute Gasteiger partial charge is 0.396 e. The summed E-state index contributed by atoms with van der Waals surface area (Å²) < 4.78 is 0. The zero-order valence-electron chi connectivity index (χ0n) is 8.46. The lowest BCUT2D eigenvalue weighted by atomic mass is 10.2. The molecular formula is C10H12N4O. The second-order valence-electron chi connectivity index (χ2n) is 3.26. The Kier molecular flexibility index (Phi) is 2.73. The highest BCUT2D eigenvalue weighted by atomic mass is 16.3. The van der Waals surface area contributed by atoms with E-state index in [0.717, 1.165) is 11.3 Å². The Balaban J connectivity index is 2.33. The minimum absolute atomic E-state index is 0.0411. The van der Waals surface area contributed by atoms with Crippen LogP contribution in [0.2, 0.25) is 0 Å². The Labute approximate surface area is 87.4 Å². The molecule has 15 heavy (non-hydrogen) atoms. The van der Waals surface area contributed by atoms with Gasteiger partial charge in [0.2, 0.25) is 0 Å². The van der Waals surface area contributed by atoms with Crippen LogP contribution in [0.4, 0.5) is 0 Å². The quantitative estimate of drug-likeness (QED) is 0.791. The second-order valence-corrected chi connectivity index (χ2v) is 3.26. The molecule has 0 radical (unpaired) electrons. The van der Waals surface area contributed by atoms with Crippen LogP contribution in [-0.2, 0) is 6.42 Å². The van der Waals surface area contributed by atoms with E-state index in [-0.39, 0.29) is 6.61 Å². The molecule has 0 spiro atoms. The van der Waals surface area contributed by atoms with Gasteiger partial charge in [-0.25, -0.2) is 0 Å². The highest BCUT2D eigenvalue weighted by Gasteiger charge is 2.05. The first-order valence-electron chi connectivity index (χ1n) is 4.77. The van der Waals surface area contributed by atoms with Crippen LogP contribution in [0.5, 0.6) is 0 Å². The zero-order chi connectivity index (χ0) is 10.7. The molecule has 1 aromatic carbocycles. The number of aliphatic hydroxyl groups is 1. The van der Waals surface area contributed by atoms with Crippen LogP contribution >= 0.6 is 0 Å². The molecule has 0 bridgehead atoms. The van der Waals surface area contributed by atoms with Crippen molar-refractivity contribution in [3.05, 3.63) is 35.7 Å². The van der Waals surface area contributed by atoms with Crippen molar-refractivity contribution in [3.8, 4) is 5.69 Å². The maximum atomic E-state index is 8.74. The molecule has 0 saturated heterocycles. The normalized spacial score (nSPS) is 10.5. The van der Waals surface area contributed by atoms with Crippen molar-refractivity contribution in [3.63, 3.8) is 0 Å². The van der Waals surface area contributed by atoms with Crippen LogP contribution in [0, 0.1) is 6.92 Å². The molecule has 0 atom stereocenters. The van der Waals surface area contributed by atoms with E-state index < -0.39 is 0 Å². The van der Waals surface area contributed by atoms with E-state index in [4.69, 9.17) is 5.11 Å². The number of hydrogen-bond donors (Lipinski definition) is 1. The first kappa shape index (κ1) is 9.79. The summed E-state index contributed by atoms with van der Waals surface area (Å²) in [6, 6.07) is 7.81. The van der Waals surface area contributed by atoms with Gasteiger partial charge in [-0.15, -0.1) is 15.0 Å². The van der Waals surface area contributed by atoms with Crippen LogP contribution in [0.3, 0.4) is 0 Å². The van der Waals surface area contributed by atoms with Gasteiger partial charge in [-0.3, -0.25) is 0 Å². The Morgan fingerprint density at radius 1 is 1.33 bits per heavy atom. The number of para-hydroxylation sites is 1. The molecule has 5 nitrogen and oxygen atoms in total. The molecule has 0 unspecified atom stereocenters. The third kappa shape index (κ3) is 2.02. The van der Waals surface area contributed by atoms with Crippen LogP contribution < -0.4 is 0 Å². The van der Waals surface area contributed by atoms with Crippen LogP contribution in [-0.4, -0.2) is 31.9 Å². The van der Waals surface area contributed by atoms with Gasteiger partial charge >= 0.3 is 0 Å². The fourth-order valence-corrected chi connectivity index (χ4v) is 1.33. The minimum atomic E-state index is 0.0411. The van der Waals surface area contributed by atoms with E-state index in [1.165, 1.54) is 4.80 Å². The number of tetrazole rings is 1. The maximum Gasteiger partial charge on any atom is 0.177 e. The van der Waals surface area contributed by atoms with Gasteiger partial charge in [0.05, 0.1) is 12.3 Å². The third-order valence-corrected chi connectivity index (χ3v) is 2.12. The smallest absolute Gasteiger partial charge is 0.177 e. The topological polar surface area (TPSA) is 63.8 Å². The average Bonchev–Trinajstić information content (AvgIpc) is 2.68. The van der Waals surface area contributed by atoms with Crippen molar-refractivity contribution in [2.75, 3.05) is 6.61 Å². The number of nitrogens with zero attached hydrogens (tertiary/aromatic N) is 4. The summed E-state index contributed by atoms with van der Waals surface area (Å²) in [6.45, 7) is 2.03. The van der Waals surface area contributed by atoms with Gasteiger partial charge in [0.25, 0.3) is 0 Å². The minimum Gasteiger partial charge on any atom is -0.396 e. The fourth-order valence-electron chi connectivity index (χ4n) is 1.33. The predicted octanol–water partition coefficient (Wildman–Crippen LogP) is 0.506. The number of aromatic nitrogens is 4. The summed E-state index contributed by atoms with van der Waals surface area (Å²) in [6.07, 6.45) is 0.436. The fraction of sp³-hybridized carbons (Fsp3) is 0.300. The van der Waals surface area contributed by atoms with Gasteiger partial charge in [0, 0.05) is 6.42 Å². The Morgan fingerprint density at radius 2 is 2.13 bits per heavy atom. The first-order chi connectivity index (χ1) is 7.31. The van der Waals surface area contributed by atoms with Crippen molar-refractivity contribution in [2.45, 2.75) is 13.3 Å². The van der Waals surface area contributed by atoms with Crippen LogP contribution in [0.15, 0.2) is 24.3 Å². The molecule has 2 aromatic rings. The Morgan fingerprint density at radius 3 is 2.87 bits per heavy atom. The molecule has 1 heterocycles. The number of aliphatic hydroxyl groups excluding tert-OH is 1. The van der Waals surface area contributed by atoms with Gasteiger partial charge < -0.3 is 5.11 Å². The molecule has 0 saturated carbocycles. The molecule has 0 aliphatic rings. The molecule has 1 aromatic heterocycles. The lowest BCUT2D eigenvalue weighted by molar-refractivity contribution is 0.296. The first-order valence-corrected chi connectivity index (χ1v) is 4.77. The zero-order valence-corrected chi connectivity index (χ0v) is 8.46. The predicted molar refractivity (Wildman–Crippen MR) is 54.7 cm³/mol. The highest BCUT2D eigenvalue weighted by molar-refractivity contribution is 5.37. The van der Waals surface area contributed by atoms with Gasteiger partial charge in [-0.05, 0) is 23.8 Å². The monoisotopic (exact) mass is 204 g/mol. The molecule has 2 rings (SSSR count). The van der Waals surface area contributed by atoms with E-state index in [1.807, 2.05) is 31.2 Å². The summed E-state index contributed by atoms with van der Waals surface area (Å²) >= 11 is 0. The Bertz CT molecular complexity index is 452. The molecule has 5 heteroatoms. The van der Waals surface area contributed by atoms with Crippen molar-refractivity contribution >= 4 is 0 Å². The Hall–Kier alpha value is -1.75. The summed E-state index contributed by atoms with van der Waals surface area (Å²) in [5.74, 6) is 0.556. The molecule has 0 aliphatic carbocycles. The van der Waals surface area contributed by atoms with Crippen molar-refractivity contribution in [1.82, 2.24) is 20.2 Å². The van der Waals surface area contributed by atoms with Crippen LogP contribution in [0.1, 0.15) is 11.4 Å². The highest BCUT2D eigenvalue weighted by Crippen LogP contribution is 2.10. The van der Waals surface area contributed by atoms with E-state index in [9.17, 15) is 0 Å². The lowest BCUT2D eigenvalue weighted by Crippen LogP contribution is -2.01. The molecular weight excluding hydrogens is 192 g/mol. The van der Waals surface area contributed by atoms with Crippen LogP contribution in [0.25, 0.3) is 5.69 Å². The van der Waals surface area contributed by atoms with Crippen molar-refractivity contribution in [2.24, 2.45) is 0 Å². The standard InChI is InChI=1S/C10H12N4O/c1-8-4-2-3-5-9(8)14-12-10(6-7-15)11-13-14/h2-5,15H,6-7H2,1H3. The number of rotatable bonds is 3. The van der Waals surface area contributed by atoms with Gasteiger partial charge in [0.1, 0.15) is 0 Å². The SMILES string of the molecule is Cc1ccccc1-n1nnc(CCO)n1. The van der Waals surface area contributed by atoms with E-state index in [2.05, 4.69) is 15.4 Å². The van der Waals surface area contributed by atoms with Gasteiger partial charge in [-0.2, -0.15) is 0 Å². The van der Waals surface area contributed by atoms with E-state index in [1.54, 1.807) is 0 Å². The summed E-state index contributed by atoms with van der Waals surface area (Å²) in [5, 5.41) is 20.7. The molecule has 78 valence electrons. The second kappa shape index (κ2) is 4.18. The molecule has 0 fully saturated rings. The number of benzene rings is 1. The van der Waals surface area contributed by atoms with Gasteiger partial charge in [0.15, 0.2) is 5.82 Å². The summed E-state index contributed by atoms with van der Waals surface area (Å²) in [4.78, 5) is 1.49. The number of hydrogen-bond acceptors (Lipinski definition) is 4. The summed E-state index contributed by atoms with van der Waals surface area (Å²) in [5.41, 5.74) is 2.00. The van der Waals surface area contributed by atoms with Gasteiger partial charge in [-0.1, -0.05) is 18.2 Å². The lowest BCUT2D eigenvalue weighted by Gasteiger charge is -2.01. The number of aryl methyl sites for hydroxylation is 1. The molecule has 0 aliphatic heterocycles. The summed E-state index contributed by atoms with van der Waals surface area (Å²) in [7, 11) is 0. The third-order valence-electron chi connectivity index (χ3n) is 2.12. The van der Waals surface area contributed by atoms with Crippen molar-refractivity contribution < 1.29 is 5.11 Å². The van der Waals surface area contributed by atoms with Crippen molar-refractivity contribution in [1.29, 1.82) is 0 Å². The maximum absolute atomic E-state index is 8.74. The van der Waals surface area contributed by atoms with E-state index >= 15 is 0 Å². The average molecular weight is 204 g/mol. The van der Waals surface area contributed by atoms with E-state index in [0.29, 0.717) is 12.2 Å². The molecule has 1 N–H and O–H groups in total.